The first-order chi connectivity index (χ1) is 7.24. The van der Waals surface area contributed by atoms with Crippen molar-refractivity contribution < 1.29 is 0 Å². The highest BCUT2D eigenvalue weighted by atomic mass is 35.5. The molecule has 3 nitrogen and oxygen atoms in total. The summed E-state index contributed by atoms with van der Waals surface area (Å²) in [5.74, 6) is 0. The summed E-state index contributed by atoms with van der Waals surface area (Å²) >= 11 is 6.03. The number of fused-ring (bicyclic) bond motifs is 1. The third-order valence-corrected chi connectivity index (χ3v) is 2.83. The molecule has 0 unspecified atom stereocenters. The van der Waals surface area contributed by atoms with Gasteiger partial charge in [0.15, 0.2) is 5.15 Å². The minimum atomic E-state index is 0.571. The molecule has 0 fully saturated rings. The number of hydrogen-bond acceptors (Lipinski definition) is 2. The zero-order valence-corrected chi connectivity index (χ0v) is 9.46. The summed E-state index contributed by atoms with van der Waals surface area (Å²) in [6.07, 6.45) is 1.96. The van der Waals surface area contributed by atoms with Gasteiger partial charge in [-0.05, 0) is 31.0 Å². The van der Waals surface area contributed by atoms with E-state index in [1.165, 1.54) is 5.56 Å². The number of rotatable bonds is 3. The normalized spacial score (nSPS) is 11.1. The molecule has 2 rings (SSSR count). The van der Waals surface area contributed by atoms with Crippen LogP contribution < -0.4 is 5.73 Å². The Kier molecular flexibility index (Phi) is 2.93. The Morgan fingerprint density at radius 2 is 2.27 bits per heavy atom. The average molecular weight is 224 g/mol. The first-order valence-corrected chi connectivity index (χ1v) is 5.42. The molecule has 0 bridgehead atoms. The van der Waals surface area contributed by atoms with E-state index in [-0.39, 0.29) is 0 Å². The van der Waals surface area contributed by atoms with Crippen LogP contribution in [0, 0.1) is 0 Å². The molecule has 1 heterocycles. The van der Waals surface area contributed by atoms with Crippen molar-refractivity contribution in [3.8, 4) is 0 Å². The van der Waals surface area contributed by atoms with Gasteiger partial charge in [-0.15, -0.1) is 0 Å². The molecule has 4 heteroatoms. The summed E-state index contributed by atoms with van der Waals surface area (Å²) in [4.78, 5) is 0. The molecule has 80 valence electrons. The molecule has 0 amide bonds. The monoisotopic (exact) mass is 223 g/mol. The van der Waals surface area contributed by atoms with Crippen LogP contribution in [-0.2, 0) is 13.5 Å². The fourth-order valence-electron chi connectivity index (χ4n) is 1.87. The van der Waals surface area contributed by atoms with Crippen LogP contribution >= 0.6 is 11.6 Å². The van der Waals surface area contributed by atoms with E-state index in [0.717, 1.165) is 23.7 Å². The number of aryl methyl sites for hydroxylation is 2. The Bertz CT molecular complexity index is 476. The fourth-order valence-corrected chi connectivity index (χ4v) is 2.14. The quantitative estimate of drug-likeness (QED) is 0.866. The highest BCUT2D eigenvalue weighted by Crippen LogP contribution is 2.25. The smallest absolute Gasteiger partial charge is 0.158 e. The molecule has 1 aromatic carbocycles. The minimum absolute atomic E-state index is 0.571. The van der Waals surface area contributed by atoms with Gasteiger partial charge in [0, 0.05) is 12.4 Å². The summed E-state index contributed by atoms with van der Waals surface area (Å²) in [5, 5.41) is 5.80. The number of nitrogens with zero attached hydrogens (tertiary/aromatic N) is 2. The van der Waals surface area contributed by atoms with Crippen LogP contribution in [0.2, 0.25) is 5.15 Å². The van der Waals surface area contributed by atoms with Gasteiger partial charge in [0.25, 0.3) is 0 Å². The van der Waals surface area contributed by atoms with Crippen LogP contribution in [0.4, 0.5) is 0 Å². The minimum Gasteiger partial charge on any atom is -0.330 e. The maximum absolute atomic E-state index is 6.03. The van der Waals surface area contributed by atoms with Crippen molar-refractivity contribution in [2.24, 2.45) is 12.8 Å². The zero-order chi connectivity index (χ0) is 10.8. The molecule has 0 aliphatic heterocycles. The predicted molar refractivity (Wildman–Crippen MR) is 63.1 cm³/mol. The molecule has 0 saturated heterocycles. The second-order valence-electron chi connectivity index (χ2n) is 3.62. The van der Waals surface area contributed by atoms with Crippen LogP contribution in [0.3, 0.4) is 0 Å². The molecule has 0 spiro atoms. The van der Waals surface area contributed by atoms with Crippen molar-refractivity contribution in [3.05, 3.63) is 28.9 Å². The highest BCUT2D eigenvalue weighted by molar-refractivity contribution is 6.34. The summed E-state index contributed by atoms with van der Waals surface area (Å²) in [6, 6.07) is 6.12. The van der Waals surface area contributed by atoms with Crippen LogP contribution in [-0.4, -0.2) is 16.3 Å². The zero-order valence-electron chi connectivity index (χ0n) is 8.70. The van der Waals surface area contributed by atoms with Gasteiger partial charge >= 0.3 is 0 Å². The van der Waals surface area contributed by atoms with Gasteiger partial charge in [-0.2, -0.15) is 5.10 Å². The van der Waals surface area contributed by atoms with E-state index in [9.17, 15) is 0 Å². The van der Waals surface area contributed by atoms with E-state index in [1.54, 1.807) is 0 Å². The lowest BCUT2D eigenvalue weighted by atomic mass is 10.1. The van der Waals surface area contributed by atoms with Gasteiger partial charge in [-0.1, -0.05) is 23.7 Å². The maximum atomic E-state index is 6.03. The van der Waals surface area contributed by atoms with Gasteiger partial charge in [0.05, 0.1) is 5.52 Å². The molecule has 2 N–H and O–H groups in total. The summed E-state index contributed by atoms with van der Waals surface area (Å²) in [7, 11) is 1.92. The van der Waals surface area contributed by atoms with E-state index >= 15 is 0 Å². The van der Waals surface area contributed by atoms with E-state index in [2.05, 4.69) is 11.2 Å². The average Bonchev–Trinajstić information content (AvgIpc) is 2.53. The molecule has 2 aromatic rings. The second-order valence-corrected chi connectivity index (χ2v) is 3.98. The predicted octanol–water partition coefficient (Wildman–Crippen LogP) is 2.12. The lowest BCUT2D eigenvalue weighted by molar-refractivity contribution is 0.781. The van der Waals surface area contributed by atoms with Gasteiger partial charge < -0.3 is 5.73 Å². The SMILES string of the molecule is Cn1nc(Cl)c2cccc(CCCN)c21. The Hall–Kier alpha value is -1.06. The van der Waals surface area contributed by atoms with E-state index in [0.29, 0.717) is 11.7 Å². The highest BCUT2D eigenvalue weighted by Gasteiger charge is 2.09. The van der Waals surface area contributed by atoms with Crippen molar-refractivity contribution in [3.63, 3.8) is 0 Å². The standard InChI is InChI=1S/C11H14ClN3/c1-15-10-8(5-3-7-13)4-2-6-9(10)11(12)14-15/h2,4,6H,3,5,7,13H2,1H3. The first-order valence-electron chi connectivity index (χ1n) is 5.04. The van der Waals surface area contributed by atoms with Gasteiger partial charge in [0.2, 0.25) is 0 Å². The topological polar surface area (TPSA) is 43.8 Å². The molecular formula is C11H14ClN3. The van der Waals surface area contributed by atoms with Crippen molar-refractivity contribution in [1.29, 1.82) is 0 Å². The number of para-hydroxylation sites is 1. The van der Waals surface area contributed by atoms with Gasteiger partial charge in [-0.25, -0.2) is 0 Å². The van der Waals surface area contributed by atoms with Crippen LogP contribution in [0.5, 0.6) is 0 Å². The lowest BCUT2D eigenvalue weighted by Gasteiger charge is -2.03. The van der Waals surface area contributed by atoms with Crippen molar-refractivity contribution in [2.75, 3.05) is 6.54 Å². The molecule has 0 saturated carbocycles. The molecule has 0 radical (unpaired) electrons. The third kappa shape index (κ3) is 1.85. The Labute approximate surface area is 93.8 Å². The summed E-state index contributed by atoms with van der Waals surface area (Å²) in [5.41, 5.74) is 7.90. The number of halogens is 1. The number of benzene rings is 1. The Morgan fingerprint density at radius 1 is 1.47 bits per heavy atom. The molecule has 0 aliphatic carbocycles. The lowest BCUT2D eigenvalue weighted by Crippen LogP contribution is -2.01. The van der Waals surface area contributed by atoms with Crippen molar-refractivity contribution in [2.45, 2.75) is 12.8 Å². The Morgan fingerprint density at radius 3 is 3.00 bits per heavy atom. The van der Waals surface area contributed by atoms with E-state index in [4.69, 9.17) is 17.3 Å². The van der Waals surface area contributed by atoms with Crippen LogP contribution in [0.1, 0.15) is 12.0 Å². The van der Waals surface area contributed by atoms with Gasteiger partial charge in [0.1, 0.15) is 0 Å². The number of nitrogens with two attached hydrogens (primary N) is 1. The fraction of sp³-hybridized carbons (Fsp3) is 0.364. The number of hydrogen-bond donors (Lipinski definition) is 1. The van der Waals surface area contributed by atoms with Crippen molar-refractivity contribution in [1.82, 2.24) is 9.78 Å². The number of aromatic nitrogens is 2. The molecule has 1 aromatic heterocycles. The molecule has 0 atom stereocenters. The summed E-state index contributed by atoms with van der Waals surface area (Å²) < 4.78 is 1.84. The molecule has 0 aliphatic rings. The largest absolute Gasteiger partial charge is 0.330 e. The van der Waals surface area contributed by atoms with Crippen LogP contribution in [0.15, 0.2) is 18.2 Å². The van der Waals surface area contributed by atoms with Crippen molar-refractivity contribution >= 4 is 22.5 Å². The second kappa shape index (κ2) is 4.21. The summed E-state index contributed by atoms with van der Waals surface area (Å²) in [6.45, 7) is 0.710. The third-order valence-electron chi connectivity index (χ3n) is 2.55. The first kappa shape index (κ1) is 10.5. The maximum Gasteiger partial charge on any atom is 0.158 e. The molecular weight excluding hydrogens is 210 g/mol. The van der Waals surface area contributed by atoms with Gasteiger partial charge in [-0.3, -0.25) is 4.68 Å². The van der Waals surface area contributed by atoms with E-state index < -0.39 is 0 Å². The van der Waals surface area contributed by atoms with Crippen LogP contribution in [0.25, 0.3) is 10.9 Å². The van der Waals surface area contributed by atoms with E-state index in [1.807, 2.05) is 23.9 Å². The Balaban J connectivity index is 2.54. The molecule has 15 heavy (non-hydrogen) atoms.